The Morgan fingerprint density at radius 2 is 0.711 bits per heavy atom. The zero-order chi connectivity index (χ0) is 90.7. The van der Waals surface area contributed by atoms with Gasteiger partial charge in [-0.2, -0.15) is 0 Å². The summed E-state index contributed by atoms with van der Waals surface area (Å²) in [5.41, 5.74) is 19.9. The zero-order valence-electron chi connectivity index (χ0n) is 72.2. The van der Waals surface area contributed by atoms with Crippen LogP contribution in [0.15, 0.2) is 227 Å². The fourth-order valence-electron chi connectivity index (χ4n) is 14.7. The molecule has 12 aromatic rings. The second-order valence-corrected chi connectivity index (χ2v) is 39.4. The fourth-order valence-corrected chi connectivity index (χ4v) is 21.4. The molecule has 0 radical (unpaired) electrons. The summed E-state index contributed by atoms with van der Waals surface area (Å²) in [4.78, 5) is 75.4. The van der Waals surface area contributed by atoms with E-state index in [-0.39, 0.29) is 33.9 Å². The maximum absolute atomic E-state index is 11.6. The summed E-state index contributed by atoms with van der Waals surface area (Å²) in [6, 6.07) is 51.6. The zero-order valence-corrected chi connectivity index (χ0v) is 80.1. The molecule has 8 aromatic carbocycles. The van der Waals surface area contributed by atoms with Crippen molar-refractivity contribution < 1.29 is 28.7 Å². The van der Waals surface area contributed by atoms with Crippen LogP contribution in [0.1, 0.15) is 93.2 Å². The van der Waals surface area contributed by atoms with Crippen LogP contribution in [-0.4, -0.2) is 131 Å². The summed E-state index contributed by atoms with van der Waals surface area (Å²) in [7, 11) is 8.68. The lowest BCUT2D eigenvalue weighted by Crippen LogP contribution is -2.29. The van der Waals surface area contributed by atoms with Gasteiger partial charge in [-0.25, -0.2) is 19.9 Å². The highest BCUT2D eigenvalue weighted by atomic mass is 35.5. The van der Waals surface area contributed by atoms with Crippen molar-refractivity contribution in [3.63, 3.8) is 0 Å². The molecule has 0 spiro atoms. The van der Waals surface area contributed by atoms with Gasteiger partial charge in [0.25, 0.3) is 0 Å². The van der Waals surface area contributed by atoms with Crippen LogP contribution in [0.5, 0.6) is 21.6 Å². The van der Waals surface area contributed by atoms with E-state index in [4.69, 9.17) is 55.9 Å². The smallest absolute Gasteiger partial charge is 0.247 e. The minimum absolute atomic E-state index is 0.239. The third-order valence-corrected chi connectivity index (χ3v) is 29.3. The molecule has 4 aromatic heterocycles. The molecule has 4 aliphatic heterocycles. The minimum Gasteiger partial charge on any atom is -0.443 e. The van der Waals surface area contributed by atoms with E-state index in [0.717, 1.165) is 122 Å². The lowest BCUT2D eigenvalue weighted by Gasteiger charge is -2.29. The van der Waals surface area contributed by atoms with Crippen LogP contribution in [0.4, 0.5) is 66.0 Å². The van der Waals surface area contributed by atoms with Gasteiger partial charge in [-0.3, -0.25) is 19.2 Å². The largest absolute Gasteiger partial charge is 0.443 e. The Balaban J connectivity index is 0.000000146. The molecule has 8 N–H and O–H groups in total. The lowest BCUT2D eigenvalue weighted by atomic mass is 9.88. The second kappa shape index (κ2) is 45.2. The standard InChI is InChI=1S/C25H27ClN4O2S.C25H27ClN4OS2.C23H23ClN4O2S.C23H23ClN4OS2/c2*1-4-22(31)27-19-6-5-7-20(15-19)32-24-23(26)29-25(33-24)28-21-9-8-18(14-16(21)2)17-10-12-30(3)13-11-17;2*1-4-20(29)25-17-6-5-7-18(12-17)30-22-21(24)27-23(31-22)26-19-11-15-8-9-28(3)13-16(15)10-14(19)2/h2*4-9,14-15,17H,1,10-13H2,2-3H3,(H,27,31)(H,28,29);2*4-7,10-12H,1,8-9,13H2,2-3H3,(H,25,29)(H,26,27). The number of halogens is 4. The van der Waals surface area contributed by atoms with Crippen molar-refractivity contribution in [2.45, 2.75) is 109 Å². The molecular weight excluding hydrogens is 1810 g/mol. The summed E-state index contributed by atoms with van der Waals surface area (Å²) in [6.07, 6.45) is 11.8. The first kappa shape index (κ1) is 95.2. The Morgan fingerprint density at radius 1 is 0.383 bits per heavy atom. The Hall–Kier alpha value is -10.4. The molecule has 0 unspecified atom stereocenters. The van der Waals surface area contributed by atoms with Crippen molar-refractivity contribution >= 4 is 205 Å². The molecule has 0 saturated carbocycles. The molecule has 2 fully saturated rings. The molecule has 0 atom stereocenters. The van der Waals surface area contributed by atoms with Crippen LogP contribution in [0.2, 0.25) is 20.6 Å². The van der Waals surface area contributed by atoms with Gasteiger partial charge in [0.15, 0.2) is 41.1 Å². The van der Waals surface area contributed by atoms with E-state index in [1.807, 2.05) is 48.5 Å². The Kier molecular flexibility index (Phi) is 33.7. The first-order valence-corrected chi connectivity index (χ1v) is 47.8. The van der Waals surface area contributed by atoms with Gasteiger partial charge in [-0.15, -0.1) is 0 Å². The van der Waals surface area contributed by atoms with Gasteiger partial charge in [0, 0.05) is 93.6 Å². The van der Waals surface area contributed by atoms with Gasteiger partial charge in [-0.05, 0) is 297 Å². The van der Waals surface area contributed by atoms with Crippen molar-refractivity contribution in [1.29, 1.82) is 0 Å². The van der Waals surface area contributed by atoms with E-state index >= 15 is 0 Å². The predicted molar refractivity (Wildman–Crippen MR) is 535 cm³/mol. The number of ether oxygens (including phenoxy) is 2. The average Bonchev–Trinajstić information content (AvgIpc) is 1.00. The van der Waals surface area contributed by atoms with Gasteiger partial charge in [0.05, 0.1) is 0 Å². The van der Waals surface area contributed by atoms with Crippen LogP contribution in [0, 0.1) is 27.7 Å². The monoisotopic (exact) mass is 1900 g/mol. The maximum Gasteiger partial charge on any atom is 0.247 e. The van der Waals surface area contributed by atoms with E-state index < -0.39 is 0 Å². The van der Waals surface area contributed by atoms with E-state index in [2.05, 4.69) is 225 Å². The molecule has 22 nitrogen and oxygen atoms in total. The highest BCUT2D eigenvalue weighted by Crippen LogP contribution is 2.47. The van der Waals surface area contributed by atoms with Crippen LogP contribution >= 0.6 is 115 Å². The number of hydrogen-bond donors (Lipinski definition) is 8. The van der Waals surface area contributed by atoms with Crippen molar-refractivity contribution in [2.75, 3.05) is 110 Å². The number of anilines is 12. The maximum atomic E-state index is 11.6. The number of likely N-dealkylation sites (N-methyl/N-ethyl adjacent to an activating group) is 2. The van der Waals surface area contributed by atoms with Gasteiger partial charge >= 0.3 is 0 Å². The molecule has 128 heavy (non-hydrogen) atoms. The summed E-state index contributed by atoms with van der Waals surface area (Å²) in [5, 5.41) is 29.9. The number of amides is 4. The quantitative estimate of drug-likeness (QED) is 0.0235. The third-order valence-electron chi connectivity index (χ3n) is 21.6. The highest BCUT2D eigenvalue weighted by Gasteiger charge is 2.25. The van der Waals surface area contributed by atoms with Crippen molar-refractivity contribution in [3.8, 4) is 21.6 Å². The third kappa shape index (κ3) is 26.9. The molecule has 664 valence electrons. The number of rotatable bonds is 26. The SMILES string of the molecule is C=CC(=O)Nc1cccc(Oc2sc(Nc3cc4c(cc3C)CN(C)CC4)nc2Cl)c1.C=CC(=O)Nc1cccc(Oc2sc(Nc3ccc(C4CCN(C)CC4)cc3C)nc2Cl)c1.C=CC(=O)Nc1cccc(Sc2sc(Nc3cc4c(cc3C)CN(C)CC4)nc2Cl)c1.C=CC(=O)Nc1cccc(Sc2sc(Nc3ccc(C4CCN(C)CC4)cc3C)nc2Cl)c1. The van der Waals surface area contributed by atoms with E-state index in [1.165, 1.54) is 169 Å². The number of fused-ring (bicyclic) bond motifs is 2. The van der Waals surface area contributed by atoms with E-state index in [0.29, 0.717) is 76.8 Å². The Labute approximate surface area is 792 Å². The Bertz CT molecular complexity index is 5680. The number of likely N-dealkylation sites (tertiary alicyclic amines) is 2. The number of carbonyl (C=O) groups is 4. The topological polar surface area (TPSA) is 248 Å². The molecule has 2 saturated heterocycles. The average molecular weight is 1910 g/mol. The molecule has 0 aliphatic carbocycles. The molecule has 8 heterocycles. The predicted octanol–water partition coefficient (Wildman–Crippen LogP) is 25.4. The van der Waals surface area contributed by atoms with Crippen LogP contribution < -0.4 is 52.0 Å². The number of nitrogens with one attached hydrogen (secondary N) is 8. The van der Waals surface area contributed by atoms with Crippen LogP contribution in [0.25, 0.3) is 0 Å². The Morgan fingerprint density at radius 3 is 1.07 bits per heavy atom. The molecule has 4 amide bonds. The number of thiazole rings is 4. The molecule has 0 bridgehead atoms. The number of aromatic nitrogens is 4. The normalized spacial score (nSPS) is 14.1. The van der Waals surface area contributed by atoms with Crippen LogP contribution in [0.3, 0.4) is 0 Å². The van der Waals surface area contributed by atoms with E-state index in [1.54, 1.807) is 48.5 Å². The number of piperidine rings is 2. The number of aryl methyl sites for hydroxylation is 4. The fraction of sp³-hybridized carbons (Fsp3) is 0.250. The molecular formula is C96H100Cl4N16O6S6. The van der Waals surface area contributed by atoms with Crippen LogP contribution in [-0.2, 0) is 45.1 Å². The molecule has 4 aliphatic rings. The van der Waals surface area contributed by atoms with Gasteiger partial charge in [-0.1, -0.05) is 202 Å². The van der Waals surface area contributed by atoms with Gasteiger partial charge in [0.1, 0.15) is 19.9 Å². The summed E-state index contributed by atoms with van der Waals surface area (Å²) < 4.78 is 13.6. The highest BCUT2D eigenvalue weighted by molar-refractivity contribution is 8.01. The number of benzene rings is 8. The first-order chi connectivity index (χ1) is 61.6. The lowest BCUT2D eigenvalue weighted by molar-refractivity contribution is -0.112. The second-order valence-electron chi connectivity index (χ2n) is 31.3. The van der Waals surface area contributed by atoms with Crippen molar-refractivity contribution in [3.05, 3.63) is 285 Å². The number of carbonyl (C=O) groups excluding carboxylic acids is 4. The minimum atomic E-state index is -0.286. The van der Waals surface area contributed by atoms with E-state index in [9.17, 15) is 19.2 Å². The molecule has 32 heteroatoms. The first-order valence-electron chi connectivity index (χ1n) is 41.4. The summed E-state index contributed by atoms with van der Waals surface area (Å²) in [5.74, 6) is 1.31. The number of hydrogen-bond acceptors (Lipinski definition) is 24. The number of nitrogens with zero attached hydrogens (tertiary/aromatic N) is 8. The van der Waals surface area contributed by atoms with Gasteiger partial charge < -0.3 is 71.6 Å². The molecule has 16 rings (SSSR count). The summed E-state index contributed by atoms with van der Waals surface area (Å²) >= 11 is 34.3. The van der Waals surface area contributed by atoms with Crippen molar-refractivity contribution in [2.24, 2.45) is 0 Å². The summed E-state index contributed by atoms with van der Waals surface area (Å²) in [6.45, 7) is 31.0. The van der Waals surface area contributed by atoms with Gasteiger partial charge in [0.2, 0.25) is 33.8 Å². The van der Waals surface area contributed by atoms with Crippen molar-refractivity contribution in [1.82, 2.24) is 39.5 Å².